The lowest BCUT2D eigenvalue weighted by Gasteiger charge is -2.34. The van der Waals surface area contributed by atoms with Crippen molar-refractivity contribution in [2.75, 3.05) is 0 Å². The maximum atomic E-state index is 2.48. The quantitative estimate of drug-likeness (QED) is 0.147. The predicted octanol–water partition coefficient (Wildman–Crippen LogP) is 14.0. The van der Waals surface area contributed by atoms with Crippen LogP contribution in [0.5, 0.6) is 0 Å². The Morgan fingerprint density at radius 1 is 0.500 bits per heavy atom. The zero-order chi connectivity index (χ0) is 37.6. The summed E-state index contributed by atoms with van der Waals surface area (Å²) in [7, 11) is 0. The minimum Gasteiger partial charge on any atom is -0.309 e. The monoisotopic (exact) mass is 717 g/mol. The van der Waals surface area contributed by atoms with E-state index in [2.05, 4.69) is 219 Å². The van der Waals surface area contributed by atoms with Crippen molar-refractivity contribution in [2.24, 2.45) is 0 Å². The SMILES string of the molecule is C/C=C\c1cc2c(cc1CC)c1cc(-c3ccc(Cc4ccc5c(c4)C(c4ccccc4)(c4ccccc4)c4ccccc4-5)cc3)ccc1n2-c1ccccc1. The van der Waals surface area contributed by atoms with Gasteiger partial charge < -0.3 is 4.57 Å². The van der Waals surface area contributed by atoms with Crippen LogP contribution >= 0.6 is 0 Å². The van der Waals surface area contributed by atoms with Crippen LogP contribution in [0.3, 0.4) is 0 Å². The van der Waals surface area contributed by atoms with Crippen molar-refractivity contribution in [3.05, 3.63) is 239 Å². The van der Waals surface area contributed by atoms with Gasteiger partial charge in [0, 0.05) is 16.5 Å². The highest BCUT2D eigenvalue weighted by Crippen LogP contribution is 2.56. The van der Waals surface area contributed by atoms with Crippen LogP contribution in [0.4, 0.5) is 0 Å². The smallest absolute Gasteiger partial charge is 0.0713 e. The summed E-state index contributed by atoms with van der Waals surface area (Å²) in [6, 6.07) is 70.0. The van der Waals surface area contributed by atoms with Crippen molar-refractivity contribution >= 4 is 27.9 Å². The van der Waals surface area contributed by atoms with Crippen molar-refractivity contribution in [1.82, 2.24) is 4.57 Å². The van der Waals surface area contributed by atoms with E-state index in [0.29, 0.717) is 0 Å². The highest BCUT2D eigenvalue weighted by molar-refractivity contribution is 6.11. The fraction of sp³-hybridized carbons (Fsp3) is 0.0909. The number of hydrogen-bond donors (Lipinski definition) is 0. The van der Waals surface area contributed by atoms with Gasteiger partial charge in [-0.25, -0.2) is 0 Å². The van der Waals surface area contributed by atoms with Gasteiger partial charge in [0.2, 0.25) is 0 Å². The van der Waals surface area contributed by atoms with E-state index in [4.69, 9.17) is 0 Å². The van der Waals surface area contributed by atoms with Gasteiger partial charge >= 0.3 is 0 Å². The largest absolute Gasteiger partial charge is 0.309 e. The maximum absolute atomic E-state index is 2.48. The molecule has 0 bridgehead atoms. The van der Waals surface area contributed by atoms with Gasteiger partial charge in [0.25, 0.3) is 0 Å². The molecule has 0 N–H and O–H groups in total. The molecule has 0 saturated carbocycles. The number of aryl methyl sites for hydroxylation is 1. The van der Waals surface area contributed by atoms with Gasteiger partial charge in [-0.1, -0.05) is 171 Å². The minimum absolute atomic E-state index is 0.386. The highest BCUT2D eigenvalue weighted by Gasteiger charge is 2.45. The third kappa shape index (κ3) is 5.38. The number of aromatic nitrogens is 1. The second kappa shape index (κ2) is 13.9. The molecule has 268 valence electrons. The van der Waals surface area contributed by atoms with E-state index in [1.54, 1.807) is 0 Å². The molecular formula is C55H43N. The molecule has 0 fully saturated rings. The number of fused-ring (bicyclic) bond motifs is 6. The first-order chi connectivity index (χ1) is 27.7. The molecule has 1 nitrogen and oxygen atoms in total. The lowest BCUT2D eigenvalue weighted by atomic mass is 9.67. The lowest BCUT2D eigenvalue weighted by molar-refractivity contribution is 0.767. The molecule has 8 aromatic carbocycles. The van der Waals surface area contributed by atoms with E-state index < -0.39 is 0 Å². The van der Waals surface area contributed by atoms with Gasteiger partial charge in [0.1, 0.15) is 0 Å². The summed E-state index contributed by atoms with van der Waals surface area (Å²) in [4.78, 5) is 0. The Balaban J connectivity index is 1.03. The highest BCUT2D eigenvalue weighted by atomic mass is 15.0. The van der Waals surface area contributed by atoms with Gasteiger partial charge in [-0.15, -0.1) is 0 Å². The summed E-state index contributed by atoms with van der Waals surface area (Å²) in [5, 5.41) is 2.58. The van der Waals surface area contributed by atoms with Crippen molar-refractivity contribution in [1.29, 1.82) is 0 Å². The molecule has 1 aromatic heterocycles. The molecule has 1 heteroatoms. The molecule has 0 atom stereocenters. The Labute approximate surface area is 329 Å². The van der Waals surface area contributed by atoms with E-state index >= 15 is 0 Å². The molecule has 0 amide bonds. The third-order valence-corrected chi connectivity index (χ3v) is 12.0. The van der Waals surface area contributed by atoms with Crippen LogP contribution in [-0.4, -0.2) is 4.57 Å². The number of benzene rings is 8. The van der Waals surface area contributed by atoms with Gasteiger partial charge in [-0.2, -0.15) is 0 Å². The Bertz CT molecular complexity index is 2850. The summed E-state index contributed by atoms with van der Waals surface area (Å²) in [6.07, 6.45) is 6.24. The van der Waals surface area contributed by atoms with Crippen LogP contribution in [0.15, 0.2) is 194 Å². The standard InChI is InChI=1S/C55H43N/c1-3-16-42-37-54-50(35-40(42)4-2)49-36-43(30-32-53(49)56(54)46-21-12-7-13-22-46)41-28-25-38(26-29-41)33-39-27-31-48-47-23-14-15-24-51(47)55(52(48)34-39,44-17-8-5-9-18-44)45-19-10-6-11-20-45/h3,5-32,34-37H,4,33H2,1-2H3/b16-3-. The van der Waals surface area contributed by atoms with Gasteiger partial charge in [-0.05, 0) is 123 Å². The zero-order valence-corrected chi connectivity index (χ0v) is 31.9. The number of para-hydroxylation sites is 1. The summed E-state index contributed by atoms with van der Waals surface area (Å²) in [5.74, 6) is 0. The molecule has 9 aromatic rings. The van der Waals surface area contributed by atoms with E-state index in [-0.39, 0.29) is 5.41 Å². The minimum atomic E-state index is -0.386. The molecule has 1 heterocycles. The number of nitrogens with zero attached hydrogens (tertiary/aromatic N) is 1. The average Bonchev–Trinajstić information content (AvgIpc) is 3.74. The predicted molar refractivity (Wildman–Crippen MR) is 237 cm³/mol. The van der Waals surface area contributed by atoms with Crippen LogP contribution < -0.4 is 0 Å². The Hall–Kier alpha value is -6.70. The molecule has 56 heavy (non-hydrogen) atoms. The molecule has 0 spiro atoms. The van der Waals surface area contributed by atoms with E-state index in [1.165, 1.54) is 94.3 Å². The van der Waals surface area contributed by atoms with E-state index in [1.807, 2.05) is 0 Å². The van der Waals surface area contributed by atoms with Gasteiger partial charge in [-0.3, -0.25) is 0 Å². The summed E-state index contributed by atoms with van der Waals surface area (Å²) < 4.78 is 2.42. The molecule has 0 unspecified atom stereocenters. The first kappa shape index (κ1) is 33.8. The molecule has 0 aliphatic heterocycles. The van der Waals surface area contributed by atoms with Crippen molar-refractivity contribution in [3.63, 3.8) is 0 Å². The number of allylic oxidation sites excluding steroid dienone is 1. The molecule has 1 aliphatic carbocycles. The van der Waals surface area contributed by atoms with Crippen LogP contribution in [0.1, 0.15) is 58.4 Å². The third-order valence-electron chi connectivity index (χ3n) is 12.0. The normalized spacial score (nSPS) is 13.0. The van der Waals surface area contributed by atoms with Crippen molar-refractivity contribution in [2.45, 2.75) is 32.1 Å². The second-order valence-corrected chi connectivity index (χ2v) is 15.1. The molecular weight excluding hydrogens is 675 g/mol. The molecule has 10 rings (SSSR count). The lowest BCUT2D eigenvalue weighted by Crippen LogP contribution is -2.28. The fourth-order valence-corrected chi connectivity index (χ4v) is 9.45. The van der Waals surface area contributed by atoms with Crippen LogP contribution in [0.2, 0.25) is 0 Å². The summed E-state index contributed by atoms with van der Waals surface area (Å²) >= 11 is 0. The Morgan fingerprint density at radius 2 is 1.11 bits per heavy atom. The second-order valence-electron chi connectivity index (χ2n) is 15.1. The van der Waals surface area contributed by atoms with Crippen molar-refractivity contribution in [3.8, 4) is 27.9 Å². The zero-order valence-electron chi connectivity index (χ0n) is 31.9. The van der Waals surface area contributed by atoms with E-state index in [9.17, 15) is 0 Å². The Morgan fingerprint density at radius 3 is 1.80 bits per heavy atom. The average molecular weight is 718 g/mol. The maximum Gasteiger partial charge on any atom is 0.0713 e. The fourth-order valence-electron chi connectivity index (χ4n) is 9.45. The van der Waals surface area contributed by atoms with E-state index in [0.717, 1.165) is 12.8 Å². The first-order valence-electron chi connectivity index (χ1n) is 19.9. The van der Waals surface area contributed by atoms with Crippen molar-refractivity contribution < 1.29 is 0 Å². The first-order valence-corrected chi connectivity index (χ1v) is 19.9. The summed E-state index contributed by atoms with van der Waals surface area (Å²) in [6.45, 7) is 4.35. The van der Waals surface area contributed by atoms with Gasteiger partial charge in [0.15, 0.2) is 0 Å². The number of rotatable bonds is 8. The van der Waals surface area contributed by atoms with Crippen LogP contribution in [-0.2, 0) is 18.3 Å². The number of hydrogen-bond acceptors (Lipinski definition) is 0. The van der Waals surface area contributed by atoms with Crippen LogP contribution in [0.25, 0.3) is 55.8 Å². The Kier molecular flexibility index (Phi) is 8.37. The molecule has 0 saturated heterocycles. The topological polar surface area (TPSA) is 4.93 Å². The molecule has 1 aliphatic rings. The van der Waals surface area contributed by atoms with Crippen LogP contribution in [0, 0.1) is 0 Å². The summed E-state index contributed by atoms with van der Waals surface area (Å²) in [5.41, 5.74) is 19.0. The van der Waals surface area contributed by atoms with Gasteiger partial charge in [0.05, 0.1) is 16.4 Å². The molecule has 0 radical (unpaired) electrons.